The predicted octanol–water partition coefficient (Wildman–Crippen LogP) is 3.66. The Hall–Kier alpha value is -1.61. The molecule has 102 valence electrons. The van der Waals surface area contributed by atoms with E-state index in [9.17, 15) is 0 Å². The molecule has 3 heteroatoms. The van der Waals surface area contributed by atoms with Crippen molar-refractivity contribution in [2.75, 3.05) is 6.54 Å². The second kappa shape index (κ2) is 4.45. The summed E-state index contributed by atoms with van der Waals surface area (Å²) in [4.78, 5) is 6.27. The lowest BCUT2D eigenvalue weighted by Crippen LogP contribution is -2.38. The maximum absolute atomic E-state index is 4.88. The number of fused-ring (bicyclic) bond motifs is 1. The lowest BCUT2D eigenvalue weighted by molar-refractivity contribution is 0.395. The number of rotatable bonds is 1. The zero-order valence-corrected chi connectivity index (χ0v) is 12.5. The molecule has 0 saturated carbocycles. The topological polar surface area (TPSA) is 24.4 Å². The van der Waals surface area contributed by atoms with Crippen LogP contribution < -0.4 is 5.32 Å². The molecule has 1 N–H and O–H groups in total. The first-order valence-corrected chi connectivity index (χ1v) is 8.09. The number of hydrogen-bond donors (Lipinski definition) is 1. The summed E-state index contributed by atoms with van der Waals surface area (Å²) in [5.41, 5.74) is 4.58. The largest absolute Gasteiger partial charge is 0.372 e. The fraction of sp³-hybridized carbons (Fsp3) is 0.353. The molecule has 2 nitrogen and oxygen atoms in total. The fourth-order valence-electron chi connectivity index (χ4n) is 3.53. The summed E-state index contributed by atoms with van der Waals surface area (Å²) in [5.74, 6) is 1.10. The van der Waals surface area contributed by atoms with Gasteiger partial charge in [-0.25, -0.2) is 0 Å². The first-order chi connectivity index (χ1) is 9.76. The molecule has 1 spiro atoms. The van der Waals surface area contributed by atoms with Crippen LogP contribution in [0.5, 0.6) is 0 Å². The molecular formula is C17H18N2S. The first-order valence-electron chi connectivity index (χ1n) is 7.21. The highest BCUT2D eigenvalue weighted by molar-refractivity contribution is 7.13. The van der Waals surface area contributed by atoms with Crippen molar-refractivity contribution in [1.82, 2.24) is 5.32 Å². The van der Waals surface area contributed by atoms with Gasteiger partial charge < -0.3 is 5.32 Å². The van der Waals surface area contributed by atoms with E-state index in [2.05, 4.69) is 48.0 Å². The van der Waals surface area contributed by atoms with Crippen molar-refractivity contribution >= 4 is 17.2 Å². The summed E-state index contributed by atoms with van der Waals surface area (Å²) < 4.78 is 0. The number of nitrogens with zero attached hydrogens (tertiary/aromatic N) is 1. The van der Waals surface area contributed by atoms with Crippen LogP contribution in [-0.2, 0) is 12.8 Å². The van der Waals surface area contributed by atoms with Crippen LogP contribution in [0.4, 0.5) is 0 Å². The fourth-order valence-corrected chi connectivity index (χ4v) is 4.31. The molecular weight excluding hydrogens is 264 g/mol. The number of thiophene rings is 1. The summed E-state index contributed by atoms with van der Waals surface area (Å²) in [6, 6.07) is 11.1. The Kier molecular flexibility index (Phi) is 2.71. The average Bonchev–Trinajstić information content (AvgIpc) is 3.09. The van der Waals surface area contributed by atoms with E-state index in [1.54, 1.807) is 5.56 Å². The van der Waals surface area contributed by atoms with Gasteiger partial charge in [-0.15, -0.1) is 11.3 Å². The minimum Gasteiger partial charge on any atom is -0.372 e. The Morgan fingerprint density at radius 3 is 2.95 bits per heavy atom. The van der Waals surface area contributed by atoms with E-state index in [-0.39, 0.29) is 5.54 Å². The molecule has 1 atom stereocenters. The highest BCUT2D eigenvalue weighted by Crippen LogP contribution is 2.39. The summed E-state index contributed by atoms with van der Waals surface area (Å²) in [6.45, 7) is 3.08. The second-order valence-electron chi connectivity index (χ2n) is 5.87. The van der Waals surface area contributed by atoms with E-state index in [4.69, 9.17) is 4.99 Å². The number of aliphatic imine (C=N–C) groups is 1. The van der Waals surface area contributed by atoms with Crippen LogP contribution in [0.1, 0.15) is 24.5 Å². The molecule has 0 saturated heterocycles. The Labute approximate surface area is 123 Å². The van der Waals surface area contributed by atoms with Crippen molar-refractivity contribution in [2.24, 2.45) is 4.99 Å². The van der Waals surface area contributed by atoms with E-state index < -0.39 is 0 Å². The van der Waals surface area contributed by atoms with E-state index in [1.807, 2.05) is 11.3 Å². The minimum atomic E-state index is 0.116. The van der Waals surface area contributed by atoms with Gasteiger partial charge in [-0.05, 0) is 54.3 Å². The highest BCUT2D eigenvalue weighted by Gasteiger charge is 2.37. The van der Waals surface area contributed by atoms with Gasteiger partial charge in [0.25, 0.3) is 0 Å². The molecule has 2 aliphatic rings. The summed E-state index contributed by atoms with van der Waals surface area (Å²) in [6.07, 6.45) is 3.38. The molecule has 2 heterocycles. The lowest BCUT2D eigenvalue weighted by atomic mass is 9.77. The molecule has 0 bridgehead atoms. The van der Waals surface area contributed by atoms with Gasteiger partial charge in [0.15, 0.2) is 0 Å². The third-order valence-electron chi connectivity index (χ3n) is 4.50. The normalized spacial score (nSPS) is 24.4. The molecule has 0 amide bonds. The lowest BCUT2D eigenvalue weighted by Gasteiger charge is -2.32. The molecule has 1 aliphatic carbocycles. The second-order valence-corrected chi connectivity index (χ2v) is 6.82. The quantitative estimate of drug-likeness (QED) is 0.848. The first kappa shape index (κ1) is 12.2. The Morgan fingerprint density at radius 2 is 2.20 bits per heavy atom. The van der Waals surface area contributed by atoms with Crippen LogP contribution in [-0.4, -0.2) is 17.9 Å². The molecule has 1 aromatic carbocycles. The molecule has 20 heavy (non-hydrogen) atoms. The maximum atomic E-state index is 4.88. The standard InChI is InChI=1S/C17H18N2S/c1-12-18-11-17(19-12)8-7-14-13(10-17)4-2-5-15(14)16-6-3-9-20-16/h2-6,9H,7-8,10-11H2,1H3,(H,18,19)/t17-/m0/s1. The van der Waals surface area contributed by atoms with Gasteiger partial charge >= 0.3 is 0 Å². The van der Waals surface area contributed by atoms with Gasteiger partial charge in [0, 0.05) is 11.4 Å². The van der Waals surface area contributed by atoms with Crippen molar-refractivity contribution in [3.8, 4) is 10.4 Å². The zero-order chi connectivity index (χ0) is 13.6. The van der Waals surface area contributed by atoms with E-state index in [0.717, 1.165) is 31.6 Å². The number of nitrogens with one attached hydrogen (secondary N) is 1. The van der Waals surface area contributed by atoms with Gasteiger partial charge in [-0.1, -0.05) is 24.3 Å². The molecule has 2 aromatic rings. The smallest absolute Gasteiger partial charge is 0.0940 e. The van der Waals surface area contributed by atoms with Gasteiger partial charge in [-0.3, -0.25) is 4.99 Å². The van der Waals surface area contributed by atoms with E-state index in [0.29, 0.717) is 0 Å². The van der Waals surface area contributed by atoms with Crippen LogP contribution in [0.3, 0.4) is 0 Å². The van der Waals surface area contributed by atoms with E-state index >= 15 is 0 Å². The van der Waals surface area contributed by atoms with Gasteiger partial charge in [-0.2, -0.15) is 0 Å². The van der Waals surface area contributed by atoms with Crippen LogP contribution in [0.2, 0.25) is 0 Å². The monoisotopic (exact) mass is 282 g/mol. The van der Waals surface area contributed by atoms with Crippen molar-refractivity contribution in [3.63, 3.8) is 0 Å². The Morgan fingerprint density at radius 1 is 1.25 bits per heavy atom. The molecule has 1 aliphatic heterocycles. The summed E-state index contributed by atoms with van der Waals surface area (Å²) in [5, 5.41) is 5.57. The summed E-state index contributed by atoms with van der Waals surface area (Å²) >= 11 is 1.83. The minimum absolute atomic E-state index is 0.116. The predicted molar refractivity (Wildman–Crippen MR) is 85.6 cm³/mol. The molecule has 4 rings (SSSR count). The van der Waals surface area contributed by atoms with Crippen LogP contribution in [0.15, 0.2) is 40.7 Å². The van der Waals surface area contributed by atoms with Gasteiger partial charge in [0.05, 0.1) is 11.4 Å². The van der Waals surface area contributed by atoms with Crippen molar-refractivity contribution in [2.45, 2.75) is 31.7 Å². The van der Waals surface area contributed by atoms with Crippen LogP contribution in [0.25, 0.3) is 10.4 Å². The third-order valence-corrected chi connectivity index (χ3v) is 5.40. The van der Waals surface area contributed by atoms with Crippen LogP contribution >= 0.6 is 11.3 Å². The van der Waals surface area contributed by atoms with Gasteiger partial charge in [0.1, 0.15) is 0 Å². The molecule has 0 fully saturated rings. The third kappa shape index (κ3) is 1.88. The van der Waals surface area contributed by atoms with Crippen molar-refractivity contribution < 1.29 is 0 Å². The average molecular weight is 282 g/mol. The maximum Gasteiger partial charge on any atom is 0.0940 e. The zero-order valence-electron chi connectivity index (χ0n) is 11.6. The summed E-state index contributed by atoms with van der Waals surface area (Å²) in [7, 11) is 0. The van der Waals surface area contributed by atoms with Crippen molar-refractivity contribution in [1.29, 1.82) is 0 Å². The van der Waals surface area contributed by atoms with E-state index in [1.165, 1.54) is 16.0 Å². The van der Waals surface area contributed by atoms with Gasteiger partial charge in [0.2, 0.25) is 0 Å². The molecule has 1 aromatic heterocycles. The number of hydrogen-bond acceptors (Lipinski definition) is 3. The van der Waals surface area contributed by atoms with Crippen molar-refractivity contribution in [3.05, 3.63) is 46.8 Å². The number of benzene rings is 1. The molecule has 0 radical (unpaired) electrons. The SMILES string of the molecule is CC1=N[C@]2(CCc3c(cccc3-c3cccs3)C2)CN1. The number of amidine groups is 1. The Balaban J connectivity index is 1.76. The highest BCUT2D eigenvalue weighted by atomic mass is 32.1. The van der Waals surface area contributed by atoms with Crippen LogP contribution in [0, 0.1) is 0 Å². The Bertz CT molecular complexity index is 672. The molecule has 0 unspecified atom stereocenters.